The average molecular weight is 601 g/mol. The van der Waals surface area contributed by atoms with E-state index in [0.29, 0.717) is 0 Å². The summed E-state index contributed by atoms with van der Waals surface area (Å²) in [6, 6.07) is 58.1. The molecule has 0 amide bonds. The normalized spacial score (nSPS) is 13.5. The lowest BCUT2D eigenvalue weighted by atomic mass is 9.82. The summed E-state index contributed by atoms with van der Waals surface area (Å²) < 4.78 is 4.84. The Kier molecular flexibility index (Phi) is 5.37. The van der Waals surface area contributed by atoms with Crippen molar-refractivity contribution >= 4 is 43.6 Å². The first-order chi connectivity index (χ1) is 23.1. The summed E-state index contributed by atoms with van der Waals surface area (Å²) in [5.41, 5.74) is 15.1. The lowest BCUT2D eigenvalue weighted by Crippen LogP contribution is -2.15. The Morgan fingerprint density at radius 2 is 0.851 bits per heavy atom. The number of fused-ring (bicyclic) bond motifs is 9. The van der Waals surface area contributed by atoms with Gasteiger partial charge in [0.25, 0.3) is 0 Å². The van der Waals surface area contributed by atoms with Crippen LogP contribution in [0, 0.1) is 0 Å². The number of rotatable bonds is 3. The summed E-state index contributed by atoms with van der Waals surface area (Å²) in [6.07, 6.45) is 0. The van der Waals surface area contributed by atoms with Gasteiger partial charge in [-0.25, -0.2) is 0 Å². The number of aromatic nitrogens is 2. The molecular formula is C45H32N2. The Hall–Kier alpha value is -5.86. The van der Waals surface area contributed by atoms with Crippen LogP contribution in [-0.4, -0.2) is 9.13 Å². The zero-order valence-corrected chi connectivity index (χ0v) is 26.4. The Morgan fingerprint density at radius 3 is 1.51 bits per heavy atom. The SMILES string of the molecule is CC1(C)c2ccccc2-c2ccc(-n3c4ccccc4c4ccc(-c5ccc(-n6c7ccccc7c7ccccc76)cc5)cc43)cc21. The third-order valence-corrected chi connectivity index (χ3v) is 10.5. The minimum absolute atomic E-state index is 0.0516. The van der Waals surface area contributed by atoms with Crippen molar-refractivity contribution in [2.75, 3.05) is 0 Å². The van der Waals surface area contributed by atoms with Crippen LogP contribution in [0.3, 0.4) is 0 Å². The van der Waals surface area contributed by atoms with Gasteiger partial charge in [0.2, 0.25) is 0 Å². The molecule has 0 atom stereocenters. The van der Waals surface area contributed by atoms with E-state index in [4.69, 9.17) is 0 Å². The Morgan fingerprint density at radius 1 is 0.362 bits per heavy atom. The molecule has 9 aromatic rings. The van der Waals surface area contributed by atoms with Crippen LogP contribution in [0.4, 0.5) is 0 Å². The molecule has 0 saturated heterocycles. The maximum Gasteiger partial charge on any atom is 0.0547 e. The highest BCUT2D eigenvalue weighted by atomic mass is 15.0. The fraction of sp³-hybridized carbons (Fsp3) is 0.0667. The van der Waals surface area contributed by atoms with Crippen LogP contribution in [0.15, 0.2) is 158 Å². The smallest absolute Gasteiger partial charge is 0.0547 e. The van der Waals surface area contributed by atoms with Gasteiger partial charge in [-0.3, -0.25) is 0 Å². The van der Waals surface area contributed by atoms with Crippen molar-refractivity contribution in [3.8, 4) is 33.6 Å². The lowest BCUT2D eigenvalue weighted by Gasteiger charge is -2.22. The predicted molar refractivity (Wildman–Crippen MR) is 198 cm³/mol. The summed E-state index contributed by atoms with van der Waals surface area (Å²) in [5, 5.41) is 5.11. The molecule has 0 N–H and O–H groups in total. The summed E-state index contributed by atoms with van der Waals surface area (Å²) in [6.45, 7) is 4.71. The topological polar surface area (TPSA) is 9.86 Å². The number of benzene rings is 7. The van der Waals surface area contributed by atoms with Crippen LogP contribution in [-0.2, 0) is 5.41 Å². The molecule has 7 aromatic carbocycles. The second-order valence-electron chi connectivity index (χ2n) is 13.4. The number of hydrogen-bond acceptors (Lipinski definition) is 0. The summed E-state index contributed by atoms with van der Waals surface area (Å²) in [7, 11) is 0. The molecule has 2 nitrogen and oxygen atoms in total. The van der Waals surface area contributed by atoms with Gasteiger partial charge < -0.3 is 9.13 Å². The fourth-order valence-corrected chi connectivity index (χ4v) is 8.26. The highest BCUT2D eigenvalue weighted by Gasteiger charge is 2.35. The van der Waals surface area contributed by atoms with Crippen molar-refractivity contribution in [1.29, 1.82) is 0 Å². The van der Waals surface area contributed by atoms with E-state index in [1.54, 1.807) is 0 Å². The molecule has 0 aliphatic heterocycles. The molecule has 0 fully saturated rings. The Labute approximate surface area is 273 Å². The second kappa shape index (κ2) is 9.57. The van der Waals surface area contributed by atoms with Crippen LogP contribution < -0.4 is 0 Å². The van der Waals surface area contributed by atoms with E-state index < -0.39 is 0 Å². The highest BCUT2D eigenvalue weighted by molar-refractivity contribution is 6.11. The number of hydrogen-bond donors (Lipinski definition) is 0. The summed E-state index contributed by atoms with van der Waals surface area (Å²) in [5.74, 6) is 0. The van der Waals surface area contributed by atoms with Crippen LogP contribution >= 0.6 is 0 Å². The standard InChI is InChI=1S/C45H32N2/c1-45(2)39-15-7-3-11-33(39)34-26-24-32(28-40(34)45)47-43-18-10-6-14-37(43)38-25-21-30(27-44(38)47)29-19-22-31(23-20-29)46-41-16-8-4-12-35(41)36-13-5-9-17-42(36)46/h3-28H,1-2H3. The lowest BCUT2D eigenvalue weighted by molar-refractivity contribution is 0.660. The maximum absolute atomic E-state index is 2.46. The molecule has 47 heavy (non-hydrogen) atoms. The van der Waals surface area contributed by atoms with Gasteiger partial charge >= 0.3 is 0 Å². The fourth-order valence-electron chi connectivity index (χ4n) is 8.26. The molecule has 2 heterocycles. The van der Waals surface area contributed by atoms with Gasteiger partial charge in [0, 0.05) is 38.3 Å². The van der Waals surface area contributed by atoms with Gasteiger partial charge in [0.05, 0.1) is 22.1 Å². The van der Waals surface area contributed by atoms with E-state index in [2.05, 4.69) is 181 Å². The predicted octanol–water partition coefficient (Wildman–Crippen LogP) is 11.9. The monoisotopic (exact) mass is 600 g/mol. The van der Waals surface area contributed by atoms with E-state index in [9.17, 15) is 0 Å². The molecule has 0 spiro atoms. The van der Waals surface area contributed by atoms with E-state index in [0.717, 1.165) is 0 Å². The zero-order chi connectivity index (χ0) is 31.3. The zero-order valence-electron chi connectivity index (χ0n) is 26.4. The molecule has 1 aliphatic carbocycles. The van der Waals surface area contributed by atoms with Crippen LogP contribution in [0.2, 0.25) is 0 Å². The van der Waals surface area contributed by atoms with Crippen molar-refractivity contribution in [1.82, 2.24) is 9.13 Å². The Balaban J connectivity index is 1.12. The molecular weight excluding hydrogens is 569 g/mol. The van der Waals surface area contributed by atoms with Crippen molar-refractivity contribution in [2.24, 2.45) is 0 Å². The molecule has 222 valence electrons. The third kappa shape index (κ3) is 3.67. The van der Waals surface area contributed by atoms with Gasteiger partial charge in [-0.05, 0) is 81.9 Å². The third-order valence-electron chi connectivity index (χ3n) is 10.5. The molecule has 0 unspecified atom stereocenters. The van der Waals surface area contributed by atoms with E-state index in [1.807, 2.05) is 0 Å². The van der Waals surface area contributed by atoms with Crippen LogP contribution in [0.1, 0.15) is 25.0 Å². The molecule has 0 bridgehead atoms. The molecule has 2 aromatic heterocycles. The minimum Gasteiger partial charge on any atom is -0.309 e. The summed E-state index contributed by atoms with van der Waals surface area (Å²) >= 11 is 0. The van der Waals surface area contributed by atoms with E-state index >= 15 is 0 Å². The average Bonchev–Trinajstić information content (AvgIpc) is 3.71. The van der Waals surface area contributed by atoms with Crippen molar-refractivity contribution in [2.45, 2.75) is 19.3 Å². The molecule has 10 rings (SSSR count). The van der Waals surface area contributed by atoms with Crippen molar-refractivity contribution < 1.29 is 0 Å². The first-order valence-corrected chi connectivity index (χ1v) is 16.4. The molecule has 0 saturated carbocycles. The van der Waals surface area contributed by atoms with Gasteiger partial charge in [-0.15, -0.1) is 0 Å². The largest absolute Gasteiger partial charge is 0.309 e. The van der Waals surface area contributed by atoms with Crippen molar-refractivity contribution in [3.05, 3.63) is 169 Å². The van der Waals surface area contributed by atoms with E-state index in [-0.39, 0.29) is 5.41 Å². The van der Waals surface area contributed by atoms with Gasteiger partial charge in [0.15, 0.2) is 0 Å². The van der Waals surface area contributed by atoms with Gasteiger partial charge in [-0.2, -0.15) is 0 Å². The first kappa shape index (κ1) is 26.4. The van der Waals surface area contributed by atoms with Crippen LogP contribution in [0.5, 0.6) is 0 Å². The molecule has 0 radical (unpaired) electrons. The molecule has 1 aliphatic rings. The highest BCUT2D eigenvalue weighted by Crippen LogP contribution is 2.49. The van der Waals surface area contributed by atoms with Gasteiger partial charge in [0.1, 0.15) is 0 Å². The quantitative estimate of drug-likeness (QED) is 0.191. The Bertz CT molecular complexity index is 2650. The number of nitrogens with zero attached hydrogens (tertiary/aromatic N) is 2. The second-order valence-corrected chi connectivity index (χ2v) is 13.4. The number of para-hydroxylation sites is 3. The van der Waals surface area contributed by atoms with Gasteiger partial charge in [-0.1, -0.05) is 123 Å². The maximum atomic E-state index is 2.46. The first-order valence-electron chi connectivity index (χ1n) is 16.4. The summed E-state index contributed by atoms with van der Waals surface area (Å²) in [4.78, 5) is 0. The van der Waals surface area contributed by atoms with Crippen molar-refractivity contribution in [3.63, 3.8) is 0 Å². The van der Waals surface area contributed by atoms with Crippen LogP contribution in [0.25, 0.3) is 77.2 Å². The minimum atomic E-state index is -0.0516. The van der Waals surface area contributed by atoms with E-state index in [1.165, 1.54) is 88.4 Å². The molecule has 2 heteroatoms.